The number of carboxylic acids is 1. The Morgan fingerprint density at radius 3 is 2.59 bits per heavy atom. The fourth-order valence-electron chi connectivity index (χ4n) is 3.35. The SMILES string of the molecule is Cc1nnn2c1-c1ccccc1N(c1ccc(Cl)cc1)C(=O)C2CC(=O)O. The van der Waals surface area contributed by atoms with Crippen molar-refractivity contribution in [2.75, 3.05) is 4.90 Å². The van der Waals surface area contributed by atoms with Crippen molar-refractivity contribution in [3.8, 4) is 11.3 Å². The van der Waals surface area contributed by atoms with Crippen molar-refractivity contribution in [1.82, 2.24) is 15.0 Å². The molecule has 1 aliphatic rings. The number of fused-ring (bicyclic) bond motifs is 3. The van der Waals surface area contributed by atoms with Crippen LogP contribution in [0.25, 0.3) is 11.3 Å². The van der Waals surface area contributed by atoms with Gasteiger partial charge in [-0.25, -0.2) is 4.68 Å². The normalized spacial score (nSPS) is 15.9. The molecule has 27 heavy (non-hydrogen) atoms. The largest absolute Gasteiger partial charge is 0.481 e. The van der Waals surface area contributed by atoms with Crippen molar-refractivity contribution in [3.63, 3.8) is 0 Å². The molecule has 2 aromatic carbocycles. The zero-order valence-electron chi connectivity index (χ0n) is 14.3. The van der Waals surface area contributed by atoms with Gasteiger partial charge in [0, 0.05) is 16.3 Å². The Morgan fingerprint density at radius 2 is 1.89 bits per heavy atom. The number of rotatable bonds is 3. The molecule has 1 aromatic heterocycles. The Bertz CT molecular complexity index is 1050. The van der Waals surface area contributed by atoms with Gasteiger partial charge in [0.2, 0.25) is 0 Å². The second kappa shape index (κ2) is 6.51. The number of nitrogens with zero attached hydrogens (tertiary/aromatic N) is 4. The van der Waals surface area contributed by atoms with Gasteiger partial charge < -0.3 is 5.11 Å². The first-order valence-electron chi connectivity index (χ1n) is 8.30. The molecule has 0 saturated heterocycles. The summed E-state index contributed by atoms with van der Waals surface area (Å²) >= 11 is 5.99. The Kier molecular flexibility index (Phi) is 4.16. The zero-order chi connectivity index (χ0) is 19.1. The van der Waals surface area contributed by atoms with Crippen LogP contribution in [0.5, 0.6) is 0 Å². The molecule has 8 heteroatoms. The van der Waals surface area contributed by atoms with Crippen LogP contribution in [0.1, 0.15) is 18.2 Å². The van der Waals surface area contributed by atoms with E-state index < -0.39 is 24.3 Å². The fraction of sp³-hybridized carbons (Fsp3) is 0.158. The first-order valence-corrected chi connectivity index (χ1v) is 8.67. The summed E-state index contributed by atoms with van der Waals surface area (Å²) < 4.78 is 1.42. The van der Waals surface area contributed by atoms with Crippen LogP contribution in [0, 0.1) is 6.92 Å². The molecule has 1 N–H and O–H groups in total. The Labute approximate surface area is 159 Å². The summed E-state index contributed by atoms with van der Waals surface area (Å²) in [5.74, 6) is -1.48. The molecule has 3 aromatic rings. The van der Waals surface area contributed by atoms with Crippen molar-refractivity contribution in [2.45, 2.75) is 19.4 Å². The minimum absolute atomic E-state index is 0.393. The summed E-state index contributed by atoms with van der Waals surface area (Å²) in [6.07, 6.45) is -0.396. The van der Waals surface area contributed by atoms with Crippen molar-refractivity contribution in [3.05, 3.63) is 59.2 Å². The summed E-state index contributed by atoms with van der Waals surface area (Å²) in [7, 11) is 0. The number of aromatic nitrogens is 3. The first-order chi connectivity index (χ1) is 13.0. The molecule has 0 saturated carbocycles. The maximum Gasteiger partial charge on any atom is 0.306 e. The number of aryl methyl sites for hydroxylation is 1. The summed E-state index contributed by atoms with van der Waals surface area (Å²) in [4.78, 5) is 26.4. The van der Waals surface area contributed by atoms with E-state index >= 15 is 0 Å². The third kappa shape index (κ3) is 2.86. The highest BCUT2D eigenvalue weighted by atomic mass is 35.5. The van der Waals surface area contributed by atoms with Crippen LogP contribution in [-0.2, 0) is 9.59 Å². The van der Waals surface area contributed by atoms with Gasteiger partial charge in [-0.2, -0.15) is 0 Å². The van der Waals surface area contributed by atoms with E-state index in [4.69, 9.17) is 11.6 Å². The molecule has 1 aliphatic heterocycles. The highest BCUT2D eigenvalue weighted by Crippen LogP contribution is 2.42. The third-order valence-electron chi connectivity index (χ3n) is 4.52. The number of anilines is 2. The van der Waals surface area contributed by atoms with Gasteiger partial charge in [-0.15, -0.1) is 5.10 Å². The van der Waals surface area contributed by atoms with Crippen molar-refractivity contribution < 1.29 is 14.7 Å². The van der Waals surface area contributed by atoms with Gasteiger partial charge in [-0.05, 0) is 37.3 Å². The van der Waals surface area contributed by atoms with Gasteiger partial charge >= 0.3 is 5.97 Å². The molecule has 0 spiro atoms. The Hall–Kier alpha value is -3.19. The number of aliphatic carboxylic acids is 1. The van der Waals surface area contributed by atoms with Gasteiger partial charge in [-0.1, -0.05) is 35.0 Å². The average Bonchev–Trinajstić information content (AvgIpc) is 2.98. The Balaban J connectivity index is 1.99. The van der Waals surface area contributed by atoms with Crippen LogP contribution < -0.4 is 4.90 Å². The van der Waals surface area contributed by atoms with E-state index in [9.17, 15) is 14.7 Å². The molecule has 0 bridgehead atoms. The van der Waals surface area contributed by atoms with Crippen molar-refractivity contribution in [1.29, 1.82) is 0 Å². The van der Waals surface area contributed by atoms with Gasteiger partial charge in [0.05, 0.1) is 23.5 Å². The van der Waals surface area contributed by atoms with Gasteiger partial charge in [0.1, 0.15) is 6.04 Å². The number of carbonyl (C=O) groups is 2. The van der Waals surface area contributed by atoms with E-state index in [0.717, 1.165) is 5.56 Å². The second-order valence-corrected chi connectivity index (χ2v) is 6.69. The Morgan fingerprint density at radius 1 is 1.19 bits per heavy atom. The van der Waals surface area contributed by atoms with Crippen LogP contribution in [0.2, 0.25) is 5.02 Å². The number of benzene rings is 2. The standard InChI is InChI=1S/C19H15ClN4O3/c1-11-18-14-4-2-3-5-15(14)23(13-8-6-12(20)7-9-13)19(27)16(10-17(25)26)24(18)22-21-11/h2-9,16H,10H2,1H3,(H,25,26). The first kappa shape index (κ1) is 17.2. The minimum Gasteiger partial charge on any atom is -0.481 e. The monoisotopic (exact) mass is 382 g/mol. The summed E-state index contributed by atoms with van der Waals surface area (Å²) in [5, 5.41) is 18.1. The molecule has 1 unspecified atom stereocenters. The van der Waals surface area contributed by atoms with Crippen LogP contribution in [0.3, 0.4) is 0 Å². The molecule has 136 valence electrons. The molecular formula is C19H15ClN4O3. The molecule has 0 aliphatic carbocycles. The van der Waals surface area contributed by atoms with E-state index in [1.807, 2.05) is 24.3 Å². The molecular weight excluding hydrogens is 368 g/mol. The molecule has 1 amide bonds. The number of hydrogen-bond donors (Lipinski definition) is 1. The van der Waals surface area contributed by atoms with Gasteiger partial charge in [0.15, 0.2) is 0 Å². The van der Waals surface area contributed by atoms with E-state index in [2.05, 4.69) is 10.3 Å². The molecule has 7 nitrogen and oxygen atoms in total. The van der Waals surface area contributed by atoms with Crippen LogP contribution in [0.15, 0.2) is 48.5 Å². The quantitative estimate of drug-likeness (QED) is 0.747. The number of hydrogen-bond acceptors (Lipinski definition) is 4. The van der Waals surface area contributed by atoms with E-state index in [0.29, 0.717) is 27.8 Å². The summed E-state index contributed by atoms with van der Waals surface area (Å²) in [5.41, 5.74) is 3.27. The predicted molar refractivity (Wildman–Crippen MR) is 100 cm³/mol. The maximum absolute atomic E-state index is 13.4. The molecule has 1 atom stereocenters. The van der Waals surface area contributed by atoms with Crippen LogP contribution >= 0.6 is 11.6 Å². The van der Waals surface area contributed by atoms with Gasteiger partial charge in [-0.3, -0.25) is 14.5 Å². The second-order valence-electron chi connectivity index (χ2n) is 6.25. The number of carbonyl (C=O) groups excluding carboxylic acids is 1. The maximum atomic E-state index is 13.4. The van der Waals surface area contributed by atoms with Crippen molar-refractivity contribution in [2.24, 2.45) is 0 Å². The number of carboxylic acid groups (broad SMARTS) is 1. The zero-order valence-corrected chi connectivity index (χ0v) is 15.1. The van der Waals surface area contributed by atoms with E-state index in [1.165, 1.54) is 9.58 Å². The lowest BCUT2D eigenvalue weighted by Crippen LogP contribution is -2.34. The highest BCUT2D eigenvalue weighted by molar-refractivity contribution is 6.30. The highest BCUT2D eigenvalue weighted by Gasteiger charge is 2.37. The predicted octanol–water partition coefficient (Wildman–Crippen LogP) is 3.60. The lowest BCUT2D eigenvalue weighted by Gasteiger charge is -2.25. The van der Waals surface area contributed by atoms with Crippen LogP contribution in [0.4, 0.5) is 11.4 Å². The summed E-state index contributed by atoms with van der Waals surface area (Å²) in [6, 6.07) is 13.2. The molecule has 4 rings (SSSR count). The van der Waals surface area contributed by atoms with Gasteiger partial charge in [0.25, 0.3) is 5.91 Å². The fourth-order valence-corrected chi connectivity index (χ4v) is 3.47. The molecule has 2 heterocycles. The van der Waals surface area contributed by atoms with Crippen LogP contribution in [-0.4, -0.2) is 32.0 Å². The lowest BCUT2D eigenvalue weighted by molar-refractivity contribution is -0.140. The van der Waals surface area contributed by atoms with E-state index in [-0.39, 0.29) is 0 Å². The number of halogens is 1. The average molecular weight is 383 g/mol. The third-order valence-corrected chi connectivity index (χ3v) is 4.77. The molecule has 0 fully saturated rings. The number of amides is 1. The molecule has 0 radical (unpaired) electrons. The minimum atomic E-state index is -1.09. The smallest absolute Gasteiger partial charge is 0.306 e. The van der Waals surface area contributed by atoms with E-state index in [1.54, 1.807) is 31.2 Å². The summed E-state index contributed by atoms with van der Waals surface area (Å²) in [6.45, 7) is 1.79. The topological polar surface area (TPSA) is 88.3 Å². The number of para-hydroxylation sites is 1. The van der Waals surface area contributed by atoms with Crippen molar-refractivity contribution >= 4 is 34.9 Å². The lowest BCUT2D eigenvalue weighted by atomic mass is 10.1.